The van der Waals surface area contributed by atoms with Crippen molar-refractivity contribution in [2.24, 2.45) is 0 Å². The number of alkyl halides is 1. The largest absolute Gasteiger partial charge is 0.377 e. The average Bonchev–Trinajstić information content (AvgIpc) is 2.34. The first-order valence-electron chi connectivity index (χ1n) is 5.79. The van der Waals surface area contributed by atoms with Gasteiger partial charge >= 0.3 is 0 Å². The molecule has 1 rings (SSSR count). The van der Waals surface area contributed by atoms with Gasteiger partial charge in [0.2, 0.25) is 0 Å². The van der Waals surface area contributed by atoms with Crippen molar-refractivity contribution >= 4 is 22.0 Å². The summed E-state index contributed by atoms with van der Waals surface area (Å²) >= 11 is 3.42. The fourth-order valence-electron chi connectivity index (χ4n) is 1.38. The van der Waals surface area contributed by atoms with Crippen molar-refractivity contribution in [3.8, 4) is 0 Å². The van der Waals surface area contributed by atoms with E-state index in [2.05, 4.69) is 40.2 Å². The predicted molar refractivity (Wildman–Crippen MR) is 73.9 cm³/mol. The third-order valence-corrected chi connectivity index (χ3v) is 2.81. The van der Waals surface area contributed by atoms with Crippen molar-refractivity contribution < 1.29 is 4.74 Å². The fraction of sp³-hybridized carbons (Fsp3) is 0.429. The Hall–Kier alpha value is -0.600. The highest BCUT2D eigenvalue weighted by molar-refractivity contribution is 9.09. The Morgan fingerprint density at radius 1 is 1.06 bits per heavy atom. The Morgan fingerprint density at radius 2 is 1.88 bits per heavy atom. The standard InChI is InChI=1S/C14H19BrO/c15-11-5-2-6-12-16-13-7-10-14-8-3-1-4-9-14/h1,3-4,7-10H,2,5-6,11-13H2. The van der Waals surface area contributed by atoms with Crippen molar-refractivity contribution in [3.05, 3.63) is 42.0 Å². The first kappa shape index (κ1) is 13.5. The van der Waals surface area contributed by atoms with E-state index < -0.39 is 0 Å². The topological polar surface area (TPSA) is 9.23 Å². The molecule has 0 aliphatic carbocycles. The number of rotatable bonds is 8. The quantitative estimate of drug-likeness (QED) is 0.511. The zero-order valence-corrected chi connectivity index (χ0v) is 11.2. The molecule has 0 amide bonds. The lowest BCUT2D eigenvalue weighted by Crippen LogP contribution is -1.94. The maximum Gasteiger partial charge on any atom is 0.0650 e. The number of ether oxygens (including phenoxy) is 1. The molecule has 0 radical (unpaired) electrons. The highest BCUT2D eigenvalue weighted by Crippen LogP contribution is 2.01. The lowest BCUT2D eigenvalue weighted by atomic mass is 10.2. The van der Waals surface area contributed by atoms with E-state index in [1.807, 2.05) is 18.2 Å². The summed E-state index contributed by atoms with van der Waals surface area (Å²) in [5.74, 6) is 0. The summed E-state index contributed by atoms with van der Waals surface area (Å²) in [5, 5.41) is 1.10. The van der Waals surface area contributed by atoms with Crippen molar-refractivity contribution in [3.63, 3.8) is 0 Å². The molecule has 1 aromatic carbocycles. The van der Waals surface area contributed by atoms with Crippen molar-refractivity contribution in [1.29, 1.82) is 0 Å². The van der Waals surface area contributed by atoms with Crippen LogP contribution in [0.4, 0.5) is 0 Å². The number of hydrogen-bond acceptors (Lipinski definition) is 1. The molecule has 0 heterocycles. The van der Waals surface area contributed by atoms with Gasteiger partial charge in [0.05, 0.1) is 6.61 Å². The molecule has 0 aliphatic heterocycles. The molecule has 0 spiro atoms. The molecule has 0 saturated heterocycles. The Bertz CT molecular complexity index is 282. The van der Waals surface area contributed by atoms with Crippen LogP contribution in [0.1, 0.15) is 24.8 Å². The first-order chi connectivity index (χ1) is 7.93. The molecule has 0 bridgehead atoms. The Labute approximate surface area is 107 Å². The highest BCUT2D eigenvalue weighted by Gasteiger charge is 1.88. The van der Waals surface area contributed by atoms with Crippen LogP contribution in [0, 0.1) is 0 Å². The van der Waals surface area contributed by atoms with E-state index in [-0.39, 0.29) is 0 Å². The minimum absolute atomic E-state index is 0.712. The van der Waals surface area contributed by atoms with Gasteiger partial charge in [-0.25, -0.2) is 0 Å². The minimum Gasteiger partial charge on any atom is -0.377 e. The molecule has 0 aliphatic rings. The SMILES string of the molecule is BrCCCCCOCC=Cc1ccccc1. The van der Waals surface area contributed by atoms with Crippen LogP contribution in [-0.4, -0.2) is 18.5 Å². The lowest BCUT2D eigenvalue weighted by molar-refractivity contribution is 0.158. The van der Waals surface area contributed by atoms with E-state index in [9.17, 15) is 0 Å². The van der Waals surface area contributed by atoms with Crippen LogP contribution in [0.25, 0.3) is 6.08 Å². The van der Waals surface area contributed by atoms with Gasteiger partial charge in [-0.15, -0.1) is 0 Å². The Morgan fingerprint density at radius 3 is 2.62 bits per heavy atom. The summed E-state index contributed by atoms with van der Waals surface area (Å²) in [6, 6.07) is 10.3. The predicted octanol–water partition coefficient (Wildman–Crippen LogP) is 4.28. The van der Waals surface area contributed by atoms with E-state index in [1.165, 1.54) is 18.4 Å². The Balaban J connectivity index is 2.01. The third kappa shape index (κ3) is 6.81. The molecule has 0 N–H and O–H groups in total. The van der Waals surface area contributed by atoms with Gasteiger partial charge in [0, 0.05) is 11.9 Å². The second-order valence-corrected chi connectivity index (χ2v) is 4.43. The molecule has 0 saturated carbocycles. The van der Waals surface area contributed by atoms with E-state index in [4.69, 9.17) is 4.74 Å². The molecule has 88 valence electrons. The van der Waals surface area contributed by atoms with E-state index >= 15 is 0 Å². The second kappa shape index (κ2) is 9.61. The van der Waals surface area contributed by atoms with E-state index in [1.54, 1.807) is 0 Å². The normalized spacial score (nSPS) is 11.1. The molecule has 1 aromatic rings. The zero-order chi connectivity index (χ0) is 11.5. The van der Waals surface area contributed by atoms with Gasteiger partial charge in [-0.05, 0) is 18.4 Å². The van der Waals surface area contributed by atoms with Crippen LogP contribution in [0.3, 0.4) is 0 Å². The maximum absolute atomic E-state index is 5.50. The van der Waals surface area contributed by atoms with Crippen LogP contribution in [0.5, 0.6) is 0 Å². The smallest absolute Gasteiger partial charge is 0.0650 e. The zero-order valence-electron chi connectivity index (χ0n) is 9.57. The molecule has 0 fully saturated rings. The van der Waals surface area contributed by atoms with Crippen LogP contribution < -0.4 is 0 Å². The van der Waals surface area contributed by atoms with Crippen molar-refractivity contribution in [1.82, 2.24) is 0 Å². The average molecular weight is 283 g/mol. The molecular weight excluding hydrogens is 264 g/mol. The van der Waals surface area contributed by atoms with Crippen LogP contribution in [-0.2, 0) is 4.74 Å². The molecule has 0 aromatic heterocycles. The van der Waals surface area contributed by atoms with Gasteiger partial charge in [0.25, 0.3) is 0 Å². The Kier molecular flexibility index (Phi) is 8.09. The fourth-order valence-corrected chi connectivity index (χ4v) is 1.77. The number of benzene rings is 1. The van der Waals surface area contributed by atoms with E-state index in [0.717, 1.165) is 18.4 Å². The van der Waals surface area contributed by atoms with Gasteiger partial charge in [-0.2, -0.15) is 0 Å². The van der Waals surface area contributed by atoms with Crippen LogP contribution in [0.15, 0.2) is 36.4 Å². The minimum atomic E-state index is 0.712. The number of halogens is 1. The monoisotopic (exact) mass is 282 g/mol. The van der Waals surface area contributed by atoms with E-state index in [0.29, 0.717) is 6.61 Å². The summed E-state index contributed by atoms with van der Waals surface area (Å²) < 4.78 is 5.50. The molecule has 16 heavy (non-hydrogen) atoms. The van der Waals surface area contributed by atoms with Crippen molar-refractivity contribution in [2.75, 3.05) is 18.5 Å². The summed E-state index contributed by atoms with van der Waals surface area (Å²) in [6.07, 6.45) is 7.81. The lowest BCUT2D eigenvalue weighted by Gasteiger charge is -1.99. The highest BCUT2D eigenvalue weighted by atomic mass is 79.9. The van der Waals surface area contributed by atoms with Crippen molar-refractivity contribution in [2.45, 2.75) is 19.3 Å². The summed E-state index contributed by atoms with van der Waals surface area (Å²) in [4.78, 5) is 0. The van der Waals surface area contributed by atoms with Gasteiger partial charge in [-0.3, -0.25) is 0 Å². The van der Waals surface area contributed by atoms with Gasteiger partial charge in [0.1, 0.15) is 0 Å². The summed E-state index contributed by atoms with van der Waals surface area (Å²) in [6.45, 7) is 1.58. The van der Waals surface area contributed by atoms with Crippen LogP contribution in [0.2, 0.25) is 0 Å². The van der Waals surface area contributed by atoms with Gasteiger partial charge in [0.15, 0.2) is 0 Å². The summed E-state index contributed by atoms with van der Waals surface area (Å²) in [5.41, 5.74) is 1.23. The number of hydrogen-bond donors (Lipinski definition) is 0. The molecule has 1 nitrogen and oxygen atoms in total. The molecule has 0 unspecified atom stereocenters. The molecular formula is C14H19BrO. The van der Waals surface area contributed by atoms with Crippen LogP contribution >= 0.6 is 15.9 Å². The van der Waals surface area contributed by atoms with Gasteiger partial charge in [-0.1, -0.05) is 64.8 Å². The second-order valence-electron chi connectivity index (χ2n) is 3.64. The van der Waals surface area contributed by atoms with Gasteiger partial charge < -0.3 is 4.74 Å². The number of unbranched alkanes of at least 4 members (excludes halogenated alkanes) is 2. The molecule has 2 heteroatoms. The first-order valence-corrected chi connectivity index (χ1v) is 6.91. The maximum atomic E-state index is 5.50. The third-order valence-electron chi connectivity index (χ3n) is 2.25. The summed E-state index contributed by atoms with van der Waals surface area (Å²) in [7, 11) is 0. The molecule has 0 atom stereocenters.